The van der Waals surface area contributed by atoms with Crippen molar-refractivity contribution >= 4 is 22.4 Å². The second-order valence-corrected chi connectivity index (χ2v) is 7.34. The van der Waals surface area contributed by atoms with Crippen LogP contribution >= 0.6 is 11.6 Å². The van der Waals surface area contributed by atoms with Crippen LogP contribution in [0.25, 0.3) is 10.8 Å². The Morgan fingerprint density at radius 2 is 1.88 bits per heavy atom. The zero-order valence-electron chi connectivity index (χ0n) is 15.1. The smallest absolute Gasteiger partial charge is 0.127 e. The van der Waals surface area contributed by atoms with Gasteiger partial charge in [-0.25, -0.2) is 0 Å². The first-order valence-electron chi connectivity index (χ1n) is 9.07. The molecule has 0 aromatic heterocycles. The first kappa shape index (κ1) is 21.9. The molecule has 1 radical (unpaired) electrons. The Labute approximate surface area is 186 Å². The van der Waals surface area contributed by atoms with Crippen LogP contribution in [0.15, 0.2) is 54.6 Å². The molecule has 26 heavy (non-hydrogen) atoms. The molecule has 1 N–H and O–H groups in total. The van der Waals surface area contributed by atoms with Gasteiger partial charge in [0.2, 0.25) is 0 Å². The molecule has 0 unspecified atom stereocenters. The largest absolute Gasteiger partial charge is 0.493 e. The molecule has 0 amide bonds. The van der Waals surface area contributed by atoms with Crippen LogP contribution in [-0.4, -0.2) is 23.2 Å². The van der Waals surface area contributed by atoms with Gasteiger partial charge in [-0.05, 0) is 30.2 Å². The van der Waals surface area contributed by atoms with Gasteiger partial charge in [-0.3, -0.25) is 0 Å². The molecule has 1 fully saturated rings. The molecule has 2 aromatic carbocycles. The van der Waals surface area contributed by atoms with E-state index in [0.29, 0.717) is 13.0 Å². The molecule has 0 saturated heterocycles. The van der Waals surface area contributed by atoms with Gasteiger partial charge >= 0.3 is 0 Å². The number of aliphatic hydroxyl groups excluding tert-OH is 1. The molecule has 3 rings (SSSR count). The molecule has 1 saturated carbocycles. The number of ether oxygens (including phenoxy) is 1. The summed E-state index contributed by atoms with van der Waals surface area (Å²) in [7, 11) is 0. The molecule has 1 aliphatic carbocycles. The van der Waals surface area contributed by atoms with Crippen LogP contribution in [-0.2, 0) is 32.7 Å². The number of benzene rings is 2. The van der Waals surface area contributed by atoms with Gasteiger partial charge in [0.25, 0.3) is 0 Å². The maximum atomic E-state index is 10.4. The van der Waals surface area contributed by atoms with Crippen LogP contribution in [0.1, 0.15) is 25.7 Å². The Hall–Kier alpha value is -0.406. The minimum absolute atomic E-state index is 0. The van der Waals surface area contributed by atoms with Crippen LogP contribution in [0, 0.1) is 18.8 Å². The van der Waals surface area contributed by atoms with Crippen molar-refractivity contribution in [2.75, 3.05) is 6.61 Å². The number of halogens is 1. The molecule has 4 heteroatoms. The maximum Gasteiger partial charge on any atom is 0.127 e. The van der Waals surface area contributed by atoms with Crippen molar-refractivity contribution in [3.63, 3.8) is 0 Å². The summed E-state index contributed by atoms with van der Waals surface area (Å²) in [6, 6.07) is 14.3. The van der Waals surface area contributed by atoms with Crippen molar-refractivity contribution < 1.29 is 42.6 Å². The quantitative estimate of drug-likeness (QED) is 0.351. The summed E-state index contributed by atoms with van der Waals surface area (Å²) in [6.07, 6.45) is 7.34. The minimum atomic E-state index is -0.399. The van der Waals surface area contributed by atoms with Gasteiger partial charge in [-0.1, -0.05) is 55.0 Å². The van der Waals surface area contributed by atoms with Gasteiger partial charge in [0.05, 0.1) is 12.7 Å². The second kappa shape index (κ2) is 10.8. The average molecular weight is 447 g/mol. The summed E-state index contributed by atoms with van der Waals surface area (Å²) in [4.78, 5) is 0. The van der Waals surface area contributed by atoms with Crippen LogP contribution < -0.4 is 4.74 Å². The van der Waals surface area contributed by atoms with E-state index in [0.717, 1.165) is 35.8 Å². The topological polar surface area (TPSA) is 29.5 Å². The fourth-order valence-corrected chi connectivity index (χ4v) is 4.16. The zero-order valence-corrected chi connectivity index (χ0v) is 18.7. The van der Waals surface area contributed by atoms with E-state index in [9.17, 15) is 5.11 Å². The van der Waals surface area contributed by atoms with Crippen LogP contribution in [0.2, 0.25) is 0 Å². The van der Waals surface area contributed by atoms with Crippen molar-refractivity contribution in [2.24, 2.45) is 11.8 Å². The first-order chi connectivity index (χ1) is 12.2. The number of hydrogen-bond acceptors (Lipinski definition) is 2. The number of unbranched alkanes of at least 4 members (excludes halogenated alkanes) is 1. The third kappa shape index (κ3) is 5.32. The Kier molecular flexibility index (Phi) is 9.10. The Bertz CT molecular complexity index is 713. The van der Waals surface area contributed by atoms with Gasteiger partial charge in [-0.15, -0.1) is 11.6 Å². The van der Waals surface area contributed by atoms with Gasteiger partial charge in [0.1, 0.15) is 5.75 Å². The minimum Gasteiger partial charge on any atom is -0.493 e. The Morgan fingerprint density at radius 3 is 2.69 bits per heavy atom. The van der Waals surface area contributed by atoms with E-state index in [4.69, 9.17) is 16.3 Å². The van der Waals surface area contributed by atoms with Crippen molar-refractivity contribution in [3.8, 4) is 5.75 Å². The molecule has 1 aliphatic rings. The number of aliphatic hydroxyl groups is 1. The molecule has 0 aliphatic heterocycles. The summed E-state index contributed by atoms with van der Waals surface area (Å²) in [5.74, 6) is 1.17. The molecule has 137 valence electrons. The predicted molar refractivity (Wildman–Crippen MR) is 105 cm³/mol. The van der Waals surface area contributed by atoms with E-state index in [2.05, 4.69) is 37.3 Å². The molecule has 0 heterocycles. The molecule has 0 spiro atoms. The standard InChI is InChI=1S/C22H26ClO2.Y/c1-2-3-4-5-12-18-19(21(24)14-20(18)23)15-25-22-13-8-10-16-9-6-7-11-17(16)22;/h4-11,13,18-21,24H,1-3,12,14-15H2;/q-1;/b5-4-;/t18-,19-,20-,21-;/m1./s1. The number of fused-ring (bicyclic) bond motifs is 1. The Morgan fingerprint density at radius 1 is 1.12 bits per heavy atom. The van der Waals surface area contributed by atoms with Gasteiger partial charge in [0.15, 0.2) is 0 Å². The molecular formula is C22H26ClO2Y-. The fourth-order valence-electron chi connectivity index (χ4n) is 3.69. The van der Waals surface area contributed by atoms with E-state index < -0.39 is 6.10 Å². The van der Waals surface area contributed by atoms with Gasteiger partial charge < -0.3 is 16.8 Å². The average Bonchev–Trinajstić information content (AvgIpc) is 2.90. The summed E-state index contributed by atoms with van der Waals surface area (Å²) in [5.41, 5.74) is 0. The molecule has 4 atom stereocenters. The fraction of sp³-hybridized carbons (Fsp3) is 0.409. The van der Waals surface area contributed by atoms with E-state index in [1.165, 1.54) is 0 Å². The maximum absolute atomic E-state index is 10.4. The number of alkyl halides is 1. The van der Waals surface area contributed by atoms with Crippen molar-refractivity contribution in [2.45, 2.75) is 37.2 Å². The van der Waals surface area contributed by atoms with Crippen molar-refractivity contribution in [3.05, 3.63) is 61.5 Å². The summed E-state index contributed by atoms with van der Waals surface area (Å²) >= 11 is 6.50. The second-order valence-electron chi connectivity index (χ2n) is 6.78. The number of hydrogen-bond donors (Lipinski definition) is 1. The SMILES string of the molecule is [CH2-]CC/C=C\C[C@@H]1[C@@H](COc2cccc3ccccc23)[C@H](O)C[C@H]1Cl.[Y]. The van der Waals surface area contributed by atoms with Crippen molar-refractivity contribution in [1.82, 2.24) is 0 Å². The molecule has 2 nitrogen and oxygen atoms in total. The molecule has 0 bridgehead atoms. The zero-order chi connectivity index (χ0) is 17.6. The van der Waals surface area contributed by atoms with Crippen LogP contribution in [0.5, 0.6) is 5.75 Å². The van der Waals surface area contributed by atoms with E-state index in [1.54, 1.807) is 0 Å². The first-order valence-corrected chi connectivity index (χ1v) is 9.51. The predicted octanol–water partition coefficient (Wildman–Crippen LogP) is 5.38. The van der Waals surface area contributed by atoms with Crippen LogP contribution in [0.4, 0.5) is 0 Å². The normalized spacial score (nSPS) is 25.5. The monoisotopic (exact) mass is 446 g/mol. The van der Waals surface area contributed by atoms with Crippen LogP contribution in [0.3, 0.4) is 0 Å². The van der Waals surface area contributed by atoms with Gasteiger partial charge in [-0.2, -0.15) is 6.42 Å². The summed E-state index contributed by atoms with van der Waals surface area (Å²) in [6.45, 7) is 4.34. The molecular weight excluding hydrogens is 421 g/mol. The third-order valence-electron chi connectivity index (χ3n) is 5.10. The van der Waals surface area contributed by atoms with Crippen molar-refractivity contribution in [1.29, 1.82) is 0 Å². The number of allylic oxidation sites excluding steroid dienone is 2. The van der Waals surface area contributed by atoms with E-state index in [1.807, 2.05) is 24.3 Å². The Balaban J connectivity index is 0.00000243. The number of rotatable bonds is 7. The van der Waals surface area contributed by atoms with E-state index in [-0.39, 0.29) is 49.9 Å². The third-order valence-corrected chi connectivity index (χ3v) is 5.60. The molecule has 2 aromatic rings. The summed E-state index contributed by atoms with van der Waals surface area (Å²) in [5, 5.41) is 12.7. The van der Waals surface area contributed by atoms with Gasteiger partial charge in [0, 0.05) is 49.4 Å². The summed E-state index contributed by atoms with van der Waals surface area (Å²) < 4.78 is 6.13. The van der Waals surface area contributed by atoms with E-state index >= 15 is 0 Å².